The number of hydrogen-bond donors (Lipinski definition) is 6. The van der Waals surface area contributed by atoms with E-state index in [1.807, 2.05) is 0 Å². The summed E-state index contributed by atoms with van der Waals surface area (Å²) in [5, 5.41) is 38.7. The molecular weight excluding hydrogens is 805 g/mol. The predicted molar refractivity (Wildman–Crippen MR) is 260 cm³/mol. The molecule has 364 valence electrons. The molecule has 8 N–H and O–H groups in total. The van der Waals surface area contributed by atoms with E-state index < -0.39 is 30.1 Å². The summed E-state index contributed by atoms with van der Waals surface area (Å²) in [6.45, 7) is 5.34. The van der Waals surface area contributed by atoms with E-state index in [1.54, 1.807) is 12.1 Å². The second-order valence-electron chi connectivity index (χ2n) is 19.1. The van der Waals surface area contributed by atoms with Gasteiger partial charge in [0.25, 0.3) is 0 Å². The van der Waals surface area contributed by atoms with Crippen molar-refractivity contribution in [3.8, 4) is 11.5 Å². The number of benzene rings is 1. The van der Waals surface area contributed by atoms with Crippen LogP contribution in [0, 0.1) is 23.7 Å². The lowest BCUT2D eigenvalue weighted by atomic mass is 9.64. The average Bonchev–Trinajstić information content (AvgIpc) is 3.28. The topological polar surface area (TPSA) is 186 Å². The van der Waals surface area contributed by atoms with E-state index in [9.17, 15) is 30.0 Å². The maximum atomic E-state index is 12.5. The van der Waals surface area contributed by atoms with Gasteiger partial charge in [0.15, 0.2) is 11.5 Å². The fourth-order valence-corrected chi connectivity index (χ4v) is 9.83. The largest absolute Gasteiger partial charge is 0.510 e. The molecule has 2 aliphatic carbocycles. The van der Waals surface area contributed by atoms with Gasteiger partial charge in [-0.05, 0) is 111 Å². The molecule has 1 aromatic rings. The highest BCUT2D eigenvalue weighted by atomic mass is 16.5. The van der Waals surface area contributed by atoms with Crippen molar-refractivity contribution in [3.63, 3.8) is 0 Å². The number of hydrogen-bond acceptors (Lipinski definition) is 10. The van der Waals surface area contributed by atoms with Crippen LogP contribution in [-0.4, -0.2) is 63.8 Å². The number of aliphatic hydroxyl groups is 2. The van der Waals surface area contributed by atoms with Gasteiger partial charge >= 0.3 is 11.9 Å². The first kappa shape index (κ1) is 55.0. The van der Waals surface area contributed by atoms with Crippen LogP contribution in [-0.2, 0) is 25.5 Å². The summed E-state index contributed by atoms with van der Waals surface area (Å²) in [4.78, 5) is 24.9. The number of nitrogens with two attached hydrogens (primary N) is 2. The van der Waals surface area contributed by atoms with Gasteiger partial charge < -0.3 is 41.4 Å². The molecule has 0 saturated heterocycles. The number of carbonyl (C=O) groups excluding carboxylic acids is 2. The summed E-state index contributed by atoms with van der Waals surface area (Å²) < 4.78 is 10.9. The highest BCUT2D eigenvalue weighted by Crippen LogP contribution is 2.44. The molecule has 0 aliphatic heterocycles. The monoisotopic (exact) mass is 895 g/mol. The van der Waals surface area contributed by atoms with Gasteiger partial charge in [-0.25, -0.2) is 0 Å². The second kappa shape index (κ2) is 33.2. The van der Waals surface area contributed by atoms with Gasteiger partial charge in [-0.1, -0.05) is 167 Å². The maximum Gasteiger partial charge on any atom is 0.323 e. The van der Waals surface area contributed by atoms with Gasteiger partial charge in [0, 0.05) is 0 Å². The minimum Gasteiger partial charge on any atom is -0.510 e. The molecule has 0 aromatic heterocycles. The number of carbonyl (C=O) groups is 2. The van der Waals surface area contributed by atoms with Crippen LogP contribution in [0.15, 0.2) is 53.8 Å². The lowest BCUT2D eigenvalue weighted by Crippen LogP contribution is -2.34. The quantitative estimate of drug-likeness (QED) is 0.0164. The Bertz CT molecular complexity index is 1530. The Balaban J connectivity index is 1.41. The van der Waals surface area contributed by atoms with E-state index in [0.717, 1.165) is 55.9 Å². The van der Waals surface area contributed by atoms with Crippen molar-refractivity contribution < 1.29 is 39.5 Å². The molecule has 64 heavy (non-hydrogen) atoms. The Morgan fingerprint density at radius 1 is 0.594 bits per heavy atom. The van der Waals surface area contributed by atoms with Gasteiger partial charge in [-0.3, -0.25) is 9.59 Å². The van der Waals surface area contributed by atoms with Gasteiger partial charge in [0.2, 0.25) is 0 Å². The highest BCUT2D eigenvalue weighted by Gasteiger charge is 2.35. The molecule has 0 fully saturated rings. The van der Waals surface area contributed by atoms with Crippen LogP contribution in [0.5, 0.6) is 11.5 Å². The number of esters is 2. The standard InChI is InChI=1S/C54H90N2O8/c1-3-5-7-9-15-21-27-45-43(25-19-8-6-4-2)31-32-44(26-20-14-10-12-17-23-35-63-53(61)47(55)37-41-29-33-49(57)51(59)39-41)46(45)28-22-16-11-13-18-24-36-64-54(62)48(56)38-42-30-34-50(58)52(60)40-42/h29-33,39-40,43-48,50,57-60H,3-28,34-38,55-56H2,1-2H3. The fraction of sp³-hybridized carbons (Fsp3) is 0.741. The number of phenols is 2. The van der Waals surface area contributed by atoms with Crippen molar-refractivity contribution >= 4 is 11.9 Å². The number of ether oxygens (including phenoxy) is 2. The third-order valence-electron chi connectivity index (χ3n) is 13.7. The lowest BCUT2D eigenvalue weighted by Gasteiger charge is -2.41. The summed E-state index contributed by atoms with van der Waals surface area (Å²) in [6.07, 6.45) is 40.7. The third kappa shape index (κ3) is 22.2. The van der Waals surface area contributed by atoms with Crippen LogP contribution in [0.25, 0.3) is 0 Å². The molecule has 10 heteroatoms. The number of aliphatic hydroxyl groups excluding tert-OH is 2. The van der Waals surface area contributed by atoms with Gasteiger partial charge in [-0.2, -0.15) is 0 Å². The summed E-state index contributed by atoms with van der Waals surface area (Å²) in [5.74, 6) is 1.55. The molecule has 0 bridgehead atoms. The molecule has 0 spiro atoms. The zero-order valence-corrected chi connectivity index (χ0v) is 40.1. The summed E-state index contributed by atoms with van der Waals surface area (Å²) >= 11 is 0. The van der Waals surface area contributed by atoms with E-state index in [-0.39, 0.29) is 30.1 Å². The molecule has 1 aromatic carbocycles. The van der Waals surface area contributed by atoms with Crippen LogP contribution >= 0.6 is 0 Å². The summed E-state index contributed by atoms with van der Waals surface area (Å²) in [5.41, 5.74) is 13.5. The molecule has 7 atom stereocenters. The molecule has 0 amide bonds. The Kier molecular flexibility index (Phi) is 28.5. The van der Waals surface area contributed by atoms with Crippen LogP contribution in [0.3, 0.4) is 0 Å². The number of phenolic OH excluding ortho intramolecular Hbond substituents is 2. The first-order chi connectivity index (χ1) is 31.0. The molecule has 3 rings (SSSR count). The van der Waals surface area contributed by atoms with Crippen molar-refractivity contribution in [2.45, 2.75) is 218 Å². The Morgan fingerprint density at radius 2 is 1.03 bits per heavy atom. The van der Waals surface area contributed by atoms with Gasteiger partial charge in [0.05, 0.1) is 13.2 Å². The zero-order chi connectivity index (χ0) is 46.4. The van der Waals surface area contributed by atoms with Crippen molar-refractivity contribution in [3.05, 3.63) is 59.4 Å². The van der Waals surface area contributed by atoms with E-state index in [4.69, 9.17) is 20.9 Å². The van der Waals surface area contributed by atoms with Gasteiger partial charge in [-0.15, -0.1) is 0 Å². The average molecular weight is 895 g/mol. The van der Waals surface area contributed by atoms with Crippen molar-refractivity contribution in [2.75, 3.05) is 13.2 Å². The Morgan fingerprint density at radius 3 is 1.52 bits per heavy atom. The first-order valence-corrected chi connectivity index (χ1v) is 25.8. The van der Waals surface area contributed by atoms with E-state index in [2.05, 4.69) is 26.0 Å². The lowest BCUT2D eigenvalue weighted by molar-refractivity contribution is -0.146. The van der Waals surface area contributed by atoms with Crippen molar-refractivity contribution in [2.24, 2.45) is 35.1 Å². The number of rotatable bonds is 36. The van der Waals surface area contributed by atoms with E-state index in [0.29, 0.717) is 37.0 Å². The van der Waals surface area contributed by atoms with Crippen LogP contribution in [0.4, 0.5) is 0 Å². The maximum absolute atomic E-state index is 12.5. The predicted octanol–water partition coefficient (Wildman–Crippen LogP) is 12.1. The molecule has 0 radical (unpaired) electrons. The molecule has 0 saturated carbocycles. The normalized spacial score (nSPS) is 20.7. The second-order valence-corrected chi connectivity index (χ2v) is 19.1. The molecule has 0 heterocycles. The third-order valence-corrected chi connectivity index (χ3v) is 13.7. The number of aromatic hydroxyl groups is 2. The van der Waals surface area contributed by atoms with E-state index in [1.165, 1.54) is 147 Å². The SMILES string of the molecule is CCCCCCCCC1C(CCCCCC)C=CC(CCCCCCCCOC(=O)C(N)Cc2ccc(O)c(O)c2)C1CCCCCCCCOC(=O)C(N)CC1=CCC(O)C(O)=C1. The van der Waals surface area contributed by atoms with Crippen molar-refractivity contribution in [1.82, 2.24) is 0 Å². The van der Waals surface area contributed by atoms with Crippen LogP contribution in [0.2, 0.25) is 0 Å². The summed E-state index contributed by atoms with van der Waals surface area (Å²) in [7, 11) is 0. The van der Waals surface area contributed by atoms with Crippen molar-refractivity contribution in [1.29, 1.82) is 0 Å². The summed E-state index contributed by atoms with van der Waals surface area (Å²) in [6, 6.07) is 2.86. The fourth-order valence-electron chi connectivity index (χ4n) is 9.83. The molecule has 10 nitrogen and oxygen atoms in total. The highest BCUT2D eigenvalue weighted by molar-refractivity contribution is 5.76. The molecule has 7 unspecified atom stereocenters. The molecule has 2 aliphatic rings. The minimum atomic E-state index is -0.882. The Hall–Kier alpha value is -3.34. The van der Waals surface area contributed by atoms with Crippen LogP contribution in [0.1, 0.15) is 199 Å². The Labute approximate surface area is 387 Å². The smallest absolute Gasteiger partial charge is 0.323 e. The van der Waals surface area contributed by atoms with Crippen LogP contribution < -0.4 is 11.5 Å². The van der Waals surface area contributed by atoms with E-state index >= 15 is 0 Å². The molecular formula is C54H90N2O8. The van der Waals surface area contributed by atoms with Gasteiger partial charge in [0.1, 0.15) is 23.9 Å². The zero-order valence-electron chi connectivity index (χ0n) is 40.1. The number of unbranched alkanes of at least 4 members (excludes halogenated alkanes) is 18. The number of allylic oxidation sites excluding steroid dienone is 3. The first-order valence-electron chi connectivity index (χ1n) is 25.8. The minimum absolute atomic E-state index is 0.0876.